The van der Waals surface area contributed by atoms with Gasteiger partial charge in [0.2, 0.25) is 0 Å². The average molecular weight is 380 g/mol. The molecule has 0 aliphatic rings. The van der Waals surface area contributed by atoms with E-state index in [1.54, 1.807) is 0 Å². The first kappa shape index (κ1) is 19.1. The van der Waals surface area contributed by atoms with Crippen LogP contribution in [0, 0.1) is 0 Å². The van der Waals surface area contributed by atoms with Gasteiger partial charge in [0.25, 0.3) is 0 Å². The number of hydrogen-bond acceptors (Lipinski definition) is 2. The van der Waals surface area contributed by atoms with Gasteiger partial charge >= 0.3 is 0 Å². The first-order chi connectivity index (χ1) is 14.3. The molecule has 4 rings (SSSR count). The van der Waals surface area contributed by atoms with Gasteiger partial charge in [-0.2, -0.15) is 0 Å². The molecule has 0 heterocycles. The van der Waals surface area contributed by atoms with Crippen molar-refractivity contribution in [2.75, 3.05) is 0 Å². The highest BCUT2D eigenvalue weighted by atomic mass is 16.3. The number of hydrogen-bond donors (Lipinski definition) is 2. The number of rotatable bonds is 7. The molecule has 2 atom stereocenters. The van der Waals surface area contributed by atoms with E-state index in [2.05, 4.69) is 66.0 Å². The summed E-state index contributed by atoms with van der Waals surface area (Å²) in [5, 5.41) is 15.1. The normalized spacial score (nSPS) is 13.2. The average Bonchev–Trinajstić information content (AvgIpc) is 2.82. The lowest BCUT2D eigenvalue weighted by atomic mass is 9.92. The molecule has 0 saturated carbocycles. The summed E-state index contributed by atoms with van der Waals surface area (Å²) in [4.78, 5) is 0. The van der Waals surface area contributed by atoms with Crippen molar-refractivity contribution >= 4 is 0 Å². The summed E-state index contributed by atoms with van der Waals surface area (Å²) in [6, 6.07) is 40.5. The van der Waals surface area contributed by atoms with Crippen LogP contribution in [0.15, 0.2) is 121 Å². The predicted octanol–water partition coefficient (Wildman–Crippen LogP) is 5.84. The maximum absolute atomic E-state index is 11.3. The number of aliphatic hydroxyl groups is 1. The fourth-order valence-corrected chi connectivity index (χ4v) is 3.73. The molecule has 2 N–H and O–H groups in total. The second-order valence-corrected chi connectivity index (χ2v) is 7.16. The minimum atomic E-state index is -0.673. The van der Waals surface area contributed by atoms with Crippen molar-refractivity contribution in [2.24, 2.45) is 0 Å². The maximum atomic E-state index is 11.3. The van der Waals surface area contributed by atoms with Crippen LogP contribution in [0.2, 0.25) is 0 Å². The highest BCUT2D eigenvalue weighted by Crippen LogP contribution is 2.33. The van der Waals surface area contributed by atoms with Gasteiger partial charge in [0.15, 0.2) is 0 Å². The summed E-state index contributed by atoms with van der Waals surface area (Å²) in [6.45, 7) is 0. The quantitative estimate of drug-likeness (QED) is 0.423. The molecule has 0 saturated heterocycles. The van der Waals surface area contributed by atoms with E-state index in [9.17, 15) is 5.11 Å². The molecule has 2 unspecified atom stereocenters. The lowest BCUT2D eigenvalue weighted by Crippen LogP contribution is -2.31. The number of benzene rings is 4. The third-order valence-electron chi connectivity index (χ3n) is 5.23. The zero-order valence-electron chi connectivity index (χ0n) is 16.2. The molecule has 0 spiro atoms. The van der Waals surface area contributed by atoms with Crippen LogP contribution in [0.1, 0.15) is 40.4 Å². The molecule has 0 aromatic heterocycles. The molecule has 4 aromatic carbocycles. The first-order valence-corrected chi connectivity index (χ1v) is 9.97. The molecule has 0 amide bonds. The highest BCUT2D eigenvalue weighted by Gasteiger charge is 2.26. The summed E-state index contributed by atoms with van der Waals surface area (Å²) < 4.78 is 0. The Bertz CT molecular complexity index is 948. The molecule has 0 aliphatic heterocycles. The maximum Gasteiger partial charge on any atom is 0.0984 e. The Balaban J connectivity index is 1.75. The zero-order valence-corrected chi connectivity index (χ0v) is 16.2. The van der Waals surface area contributed by atoms with Gasteiger partial charge in [-0.3, -0.25) is 5.32 Å². The van der Waals surface area contributed by atoms with Crippen molar-refractivity contribution in [3.63, 3.8) is 0 Å². The topological polar surface area (TPSA) is 32.3 Å². The van der Waals surface area contributed by atoms with E-state index in [1.807, 2.05) is 60.7 Å². The Hall–Kier alpha value is -3.20. The Kier molecular flexibility index (Phi) is 6.16. The molecule has 0 radical (unpaired) electrons. The molecule has 2 heteroatoms. The van der Waals surface area contributed by atoms with E-state index < -0.39 is 6.10 Å². The van der Waals surface area contributed by atoms with Crippen LogP contribution in [-0.2, 0) is 0 Å². The second kappa shape index (κ2) is 9.33. The van der Waals surface area contributed by atoms with Gasteiger partial charge in [0, 0.05) is 0 Å². The van der Waals surface area contributed by atoms with Gasteiger partial charge in [-0.15, -0.1) is 0 Å². The van der Waals surface area contributed by atoms with Gasteiger partial charge in [-0.1, -0.05) is 121 Å². The Morgan fingerprint density at radius 3 is 1.21 bits per heavy atom. The van der Waals surface area contributed by atoms with Crippen LogP contribution >= 0.6 is 0 Å². The summed E-state index contributed by atoms with van der Waals surface area (Å²) in [5.41, 5.74) is 4.29. The summed E-state index contributed by atoms with van der Waals surface area (Å²) in [6.07, 6.45) is -0.673. The lowest BCUT2D eigenvalue weighted by molar-refractivity contribution is 0.124. The fraction of sp³-hybridized carbons (Fsp3) is 0.111. The molecule has 2 nitrogen and oxygen atoms in total. The summed E-state index contributed by atoms with van der Waals surface area (Å²) in [7, 11) is 0. The number of aliphatic hydroxyl groups excluding tert-OH is 1. The van der Waals surface area contributed by atoms with Crippen LogP contribution < -0.4 is 5.32 Å². The third-order valence-corrected chi connectivity index (χ3v) is 5.23. The van der Waals surface area contributed by atoms with Gasteiger partial charge in [-0.05, 0) is 22.3 Å². The SMILES string of the molecule is OC(c1ccccc1)C(NC(c1ccccc1)c1ccccc1)c1ccccc1. The van der Waals surface area contributed by atoms with E-state index in [0.717, 1.165) is 11.1 Å². The standard InChI is InChI=1S/C27H25NO/c29-27(24-19-11-4-12-20-24)26(23-17-9-3-10-18-23)28-25(21-13-5-1-6-14-21)22-15-7-2-8-16-22/h1-20,25-29H. The molecule has 0 fully saturated rings. The van der Waals surface area contributed by atoms with Crippen molar-refractivity contribution < 1.29 is 5.11 Å². The molecular formula is C27H25NO. The van der Waals surface area contributed by atoms with Crippen molar-refractivity contribution in [1.29, 1.82) is 0 Å². The van der Waals surface area contributed by atoms with Gasteiger partial charge in [0.1, 0.15) is 0 Å². The Morgan fingerprint density at radius 2 is 0.793 bits per heavy atom. The molecule has 4 aromatic rings. The molecule has 0 aliphatic carbocycles. The molecule has 0 bridgehead atoms. The fourth-order valence-electron chi connectivity index (χ4n) is 3.73. The van der Waals surface area contributed by atoms with Gasteiger partial charge in [-0.25, -0.2) is 0 Å². The smallest absolute Gasteiger partial charge is 0.0984 e. The van der Waals surface area contributed by atoms with Crippen molar-refractivity contribution in [3.8, 4) is 0 Å². The molecule has 29 heavy (non-hydrogen) atoms. The van der Waals surface area contributed by atoms with Crippen LogP contribution in [-0.4, -0.2) is 5.11 Å². The van der Waals surface area contributed by atoms with E-state index in [-0.39, 0.29) is 12.1 Å². The van der Waals surface area contributed by atoms with Crippen LogP contribution in [0.3, 0.4) is 0 Å². The van der Waals surface area contributed by atoms with Crippen molar-refractivity contribution in [2.45, 2.75) is 18.2 Å². The van der Waals surface area contributed by atoms with Crippen LogP contribution in [0.4, 0.5) is 0 Å². The van der Waals surface area contributed by atoms with Crippen molar-refractivity contribution in [3.05, 3.63) is 144 Å². The van der Waals surface area contributed by atoms with E-state index in [4.69, 9.17) is 0 Å². The highest BCUT2D eigenvalue weighted by molar-refractivity contribution is 5.34. The number of nitrogens with one attached hydrogen (secondary N) is 1. The van der Waals surface area contributed by atoms with E-state index >= 15 is 0 Å². The first-order valence-electron chi connectivity index (χ1n) is 9.97. The lowest BCUT2D eigenvalue weighted by Gasteiger charge is -2.30. The molecule has 144 valence electrons. The van der Waals surface area contributed by atoms with Gasteiger partial charge in [0.05, 0.1) is 18.2 Å². The van der Waals surface area contributed by atoms with Gasteiger partial charge < -0.3 is 5.11 Å². The third kappa shape index (κ3) is 4.62. The Morgan fingerprint density at radius 1 is 0.448 bits per heavy atom. The Labute approximate surface area is 172 Å². The largest absolute Gasteiger partial charge is 0.386 e. The van der Waals surface area contributed by atoms with Crippen LogP contribution in [0.5, 0.6) is 0 Å². The van der Waals surface area contributed by atoms with Crippen LogP contribution in [0.25, 0.3) is 0 Å². The second-order valence-electron chi connectivity index (χ2n) is 7.16. The van der Waals surface area contributed by atoms with E-state index in [1.165, 1.54) is 11.1 Å². The van der Waals surface area contributed by atoms with E-state index in [0.29, 0.717) is 0 Å². The zero-order chi connectivity index (χ0) is 19.9. The minimum Gasteiger partial charge on any atom is -0.386 e. The minimum absolute atomic E-state index is 0.0408. The molecular weight excluding hydrogens is 354 g/mol. The van der Waals surface area contributed by atoms with Crippen molar-refractivity contribution in [1.82, 2.24) is 5.32 Å². The summed E-state index contributed by atoms with van der Waals surface area (Å²) in [5.74, 6) is 0. The predicted molar refractivity (Wildman–Crippen MR) is 118 cm³/mol. The monoisotopic (exact) mass is 379 g/mol. The summed E-state index contributed by atoms with van der Waals surface area (Å²) >= 11 is 0.